The van der Waals surface area contributed by atoms with Gasteiger partial charge in [0.15, 0.2) is 0 Å². The zero-order valence-corrected chi connectivity index (χ0v) is 9.68. The van der Waals surface area contributed by atoms with Gasteiger partial charge >= 0.3 is 0 Å². The molecule has 1 amide bonds. The van der Waals surface area contributed by atoms with Crippen molar-refractivity contribution in [2.75, 3.05) is 26.2 Å². The Balaban J connectivity index is 2.66. The number of terminal acetylenes is 1. The van der Waals surface area contributed by atoms with Gasteiger partial charge in [0.1, 0.15) is 0 Å². The summed E-state index contributed by atoms with van der Waals surface area (Å²) in [5.41, 5.74) is -0.244. The van der Waals surface area contributed by atoms with Crippen LogP contribution in [0.1, 0.15) is 26.7 Å². The molecule has 0 radical (unpaired) electrons. The number of nitrogens with one attached hydrogen (secondary N) is 1. The highest BCUT2D eigenvalue weighted by atomic mass is 16.2. The number of amides is 1. The maximum Gasteiger partial charge on any atom is 0.230 e. The molecule has 1 aliphatic rings. The van der Waals surface area contributed by atoms with Crippen LogP contribution in [0, 0.1) is 17.8 Å². The third-order valence-electron chi connectivity index (χ3n) is 2.95. The molecular weight excluding hydrogens is 188 g/mol. The number of nitrogens with zero attached hydrogens (tertiary/aromatic N) is 1. The summed E-state index contributed by atoms with van der Waals surface area (Å²) in [6.45, 7) is 6.98. The van der Waals surface area contributed by atoms with E-state index in [0.29, 0.717) is 6.54 Å². The van der Waals surface area contributed by atoms with E-state index in [2.05, 4.69) is 18.2 Å². The Labute approximate surface area is 92.2 Å². The van der Waals surface area contributed by atoms with Gasteiger partial charge in [-0.2, -0.15) is 0 Å². The summed E-state index contributed by atoms with van der Waals surface area (Å²) in [5.74, 6) is 2.76. The van der Waals surface area contributed by atoms with Crippen LogP contribution in [0.5, 0.6) is 0 Å². The zero-order chi connectivity index (χ0) is 11.3. The molecule has 0 aromatic rings. The minimum atomic E-state index is -0.244. The summed E-state index contributed by atoms with van der Waals surface area (Å²) in [7, 11) is 0. The van der Waals surface area contributed by atoms with Gasteiger partial charge in [-0.3, -0.25) is 4.79 Å². The first-order chi connectivity index (χ1) is 7.14. The predicted octanol–water partition coefficient (Wildman–Crippen LogP) is 0.858. The van der Waals surface area contributed by atoms with Gasteiger partial charge in [0, 0.05) is 13.1 Å². The van der Waals surface area contributed by atoms with Crippen LogP contribution < -0.4 is 5.32 Å². The van der Waals surface area contributed by atoms with Crippen molar-refractivity contribution >= 4 is 5.91 Å². The first-order valence-corrected chi connectivity index (χ1v) is 5.57. The molecule has 1 unspecified atom stereocenters. The van der Waals surface area contributed by atoms with Crippen LogP contribution in [-0.2, 0) is 4.79 Å². The third kappa shape index (κ3) is 2.73. The van der Waals surface area contributed by atoms with E-state index in [-0.39, 0.29) is 11.3 Å². The van der Waals surface area contributed by atoms with Crippen LogP contribution in [0.15, 0.2) is 0 Å². The first-order valence-electron chi connectivity index (χ1n) is 5.57. The number of carbonyl (C=O) groups excluding carboxylic acids is 1. The summed E-state index contributed by atoms with van der Waals surface area (Å²) < 4.78 is 0. The van der Waals surface area contributed by atoms with E-state index in [1.807, 2.05) is 6.92 Å². The molecule has 0 aliphatic carbocycles. The van der Waals surface area contributed by atoms with Crippen molar-refractivity contribution in [2.45, 2.75) is 26.7 Å². The Morgan fingerprint density at radius 1 is 1.67 bits per heavy atom. The molecule has 0 saturated carbocycles. The lowest BCUT2D eigenvalue weighted by atomic mass is 9.88. The molecule has 1 N–H and O–H groups in total. The van der Waals surface area contributed by atoms with Crippen molar-refractivity contribution in [2.24, 2.45) is 5.41 Å². The van der Waals surface area contributed by atoms with E-state index in [9.17, 15) is 4.79 Å². The summed E-state index contributed by atoms with van der Waals surface area (Å²) in [5, 5.41) is 3.23. The molecule has 1 fully saturated rings. The monoisotopic (exact) mass is 208 g/mol. The van der Waals surface area contributed by atoms with Crippen molar-refractivity contribution in [3.8, 4) is 12.3 Å². The largest absolute Gasteiger partial charge is 0.331 e. The SMILES string of the molecule is C#CCN(CCC)C(=O)C1(C)CCNC1. The minimum absolute atomic E-state index is 0.201. The lowest BCUT2D eigenvalue weighted by molar-refractivity contribution is -0.139. The normalized spacial score (nSPS) is 24.9. The number of carbonyl (C=O) groups is 1. The van der Waals surface area contributed by atoms with Crippen molar-refractivity contribution < 1.29 is 4.79 Å². The fourth-order valence-electron chi connectivity index (χ4n) is 2.01. The van der Waals surface area contributed by atoms with E-state index >= 15 is 0 Å². The Morgan fingerprint density at radius 3 is 2.87 bits per heavy atom. The average Bonchev–Trinajstić information content (AvgIpc) is 2.65. The Morgan fingerprint density at radius 2 is 2.40 bits per heavy atom. The van der Waals surface area contributed by atoms with E-state index in [0.717, 1.165) is 32.5 Å². The Hall–Kier alpha value is -1.01. The maximum atomic E-state index is 12.2. The van der Waals surface area contributed by atoms with Crippen LogP contribution in [0.3, 0.4) is 0 Å². The van der Waals surface area contributed by atoms with Crippen molar-refractivity contribution in [3.63, 3.8) is 0 Å². The Bertz CT molecular complexity index is 261. The highest BCUT2D eigenvalue weighted by molar-refractivity contribution is 5.83. The standard InChI is InChI=1S/C12H20N2O/c1-4-8-14(9-5-2)11(15)12(3)6-7-13-10-12/h1,13H,5-10H2,2-3H3. The molecular formula is C12H20N2O. The number of hydrogen-bond donors (Lipinski definition) is 1. The molecule has 0 aromatic carbocycles. The second kappa shape index (κ2) is 5.18. The molecule has 0 aromatic heterocycles. The van der Waals surface area contributed by atoms with Gasteiger partial charge in [-0.25, -0.2) is 0 Å². The van der Waals surface area contributed by atoms with E-state index in [4.69, 9.17) is 6.42 Å². The van der Waals surface area contributed by atoms with Gasteiger partial charge in [-0.1, -0.05) is 12.8 Å². The summed E-state index contributed by atoms with van der Waals surface area (Å²) in [6, 6.07) is 0. The van der Waals surface area contributed by atoms with Crippen LogP contribution in [0.4, 0.5) is 0 Å². The second-order valence-corrected chi connectivity index (χ2v) is 4.42. The molecule has 0 spiro atoms. The molecule has 1 aliphatic heterocycles. The lowest BCUT2D eigenvalue weighted by Gasteiger charge is -2.29. The van der Waals surface area contributed by atoms with E-state index in [1.54, 1.807) is 4.90 Å². The highest BCUT2D eigenvalue weighted by Crippen LogP contribution is 2.27. The fourth-order valence-corrected chi connectivity index (χ4v) is 2.01. The first kappa shape index (κ1) is 12.1. The molecule has 3 nitrogen and oxygen atoms in total. The van der Waals surface area contributed by atoms with Gasteiger partial charge in [0.2, 0.25) is 5.91 Å². The van der Waals surface area contributed by atoms with E-state index < -0.39 is 0 Å². The predicted molar refractivity (Wildman–Crippen MR) is 61.3 cm³/mol. The number of rotatable bonds is 4. The van der Waals surface area contributed by atoms with Crippen molar-refractivity contribution in [1.29, 1.82) is 0 Å². The quantitative estimate of drug-likeness (QED) is 0.695. The smallest absolute Gasteiger partial charge is 0.230 e. The molecule has 3 heteroatoms. The Kier molecular flexibility index (Phi) is 4.16. The molecule has 1 heterocycles. The van der Waals surface area contributed by atoms with Gasteiger partial charge in [0.05, 0.1) is 12.0 Å². The maximum absolute atomic E-state index is 12.2. The summed E-state index contributed by atoms with van der Waals surface area (Å²) in [6.07, 6.45) is 7.15. The second-order valence-electron chi connectivity index (χ2n) is 4.42. The topological polar surface area (TPSA) is 32.3 Å². The molecule has 15 heavy (non-hydrogen) atoms. The molecule has 84 valence electrons. The van der Waals surface area contributed by atoms with Crippen molar-refractivity contribution in [1.82, 2.24) is 10.2 Å². The molecule has 1 rings (SSSR count). The minimum Gasteiger partial charge on any atom is -0.331 e. The van der Waals surface area contributed by atoms with E-state index in [1.165, 1.54) is 0 Å². The van der Waals surface area contributed by atoms with Gasteiger partial charge in [-0.05, 0) is 26.3 Å². The lowest BCUT2D eigenvalue weighted by Crippen LogP contribution is -2.44. The zero-order valence-electron chi connectivity index (χ0n) is 9.68. The van der Waals surface area contributed by atoms with Crippen LogP contribution in [0.2, 0.25) is 0 Å². The van der Waals surface area contributed by atoms with Crippen molar-refractivity contribution in [3.05, 3.63) is 0 Å². The average molecular weight is 208 g/mol. The summed E-state index contributed by atoms with van der Waals surface area (Å²) in [4.78, 5) is 14.0. The van der Waals surface area contributed by atoms with Crippen LogP contribution in [-0.4, -0.2) is 37.0 Å². The highest BCUT2D eigenvalue weighted by Gasteiger charge is 2.38. The van der Waals surface area contributed by atoms with Gasteiger partial charge in [-0.15, -0.1) is 6.42 Å². The molecule has 1 atom stereocenters. The van der Waals surface area contributed by atoms with Gasteiger partial charge in [0.25, 0.3) is 0 Å². The molecule has 0 bridgehead atoms. The fraction of sp³-hybridized carbons (Fsp3) is 0.750. The van der Waals surface area contributed by atoms with Gasteiger partial charge < -0.3 is 10.2 Å². The third-order valence-corrected chi connectivity index (χ3v) is 2.95. The van der Waals surface area contributed by atoms with Crippen LogP contribution in [0.25, 0.3) is 0 Å². The number of hydrogen-bond acceptors (Lipinski definition) is 2. The summed E-state index contributed by atoms with van der Waals surface area (Å²) >= 11 is 0. The van der Waals surface area contributed by atoms with Crippen LogP contribution >= 0.6 is 0 Å². The molecule has 1 saturated heterocycles.